The number of nitrogens with two attached hydrogens (primary N) is 1. The monoisotopic (exact) mass is 240 g/mol. The molecular formula is C15H32N2. The molecule has 2 heteroatoms. The van der Waals surface area contributed by atoms with E-state index in [4.69, 9.17) is 5.73 Å². The number of nitrogens with zero attached hydrogens (tertiary/aromatic N) is 1. The zero-order chi connectivity index (χ0) is 12.7. The zero-order valence-corrected chi connectivity index (χ0v) is 12.1. The van der Waals surface area contributed by atoms with Crippen molar-refractivity contribution in [1.29, 1.82) is 0 Å². The second-order valence-corrected chi connectivity index (χ2v) is 5.87. The largest absolute Gasteiger partial charge is 0.330 e. The lowest BCUT2D eigenvalue weighted by Crippen LogP contribution is -2.45. The van der Waals surface area contributed by atoms with Crippen LogP contribution in [0.25, 0.3) is 0 Å². The molecule has 0 spiro atoms. The summed E-state index contributed by atoms with van der Waals surface area (Å²) in [7, 11) is 2.30. The van der Waals surface area contributed by atoms with Crippen LogP contribution in [-0.4, -0.2) is 31.1 Å². The lowest BCUT2D eigenvalue weighted by atomic mass is 9.76. The van der Waals surface area contributed by atoms with Crippen LogP contribution in [0.3, 0.4) is 0 Å². The summed E-state index contributed by atoms with van der Waals surface area (Å²) in [6.45, 7) is 6.70. The van der Waals surface area contributed by atoms with Gasteiger partial charge in [-0.25, -0.2) is 0 Å². The molecular weight excluding hydrogens is 208 g/mol. The van der Waals surface area contributed by atoms with Crippen LogP contribution in [0, 0.1) is 11.8 Å². The van der Waals surface area contributed by atoms with Crippen molar-refractivity contribution in [2.45, 2.75) is 64.8 Å². The average molecular weight is 240 g/mol. The lowest BCUT2D eigenvalue weighted by Gasteiger charge is -2.41. The Hall–Kier alpha value is -0.0800. The molecule has 17 heavy (non-hydrogen) atoms. The SMILES string of the molecule is CCCCN(C)C1CC(CCC)CCC1CN. The van der Waals surface area contributed by atoms with Gasteiger partial charge in [-0.2, -0.15) is 0 Å². The third-order valence-electron chi connectivity index (χ3n) is 4.49. The standard InChI is InChI=1S/C15H32N2/c1-4-6-10-17(3)15-11-13(7-5-2)8-9-14(15)12-16/h13-15H,4-12,16H2,1-3H3. The van der Waals surface area contributed by atoms with Gasteiger partial charge in [-0.05, 0) is 51.2 Å². The molecule has 102 valence electrons. The summed E-state index contributed by atoms with van der Waals surface area (Å²) in [6, 6.07) is 0.747. The Morgan fingerprint density at radius 2 is 1.94 bits per heavy atom. The molecule has 2 nitrogen and oxygen atoms in total. The Labute approximate surface area is 108 Å². The third kappa shape index (κ3) is 4.59. The highest BCUT2D eigenvalue weighted by molar-refractivity contribution is 4.86. The molecule has 0 aromatic rings. The quantitative estimate of drug-likeness (QED) is 0.740. The fourth-order valence-corrected chi connectivity index (χ4v) is 3.35. The lowest BCUT2D eigenvalue weighted by molar-refractivity contribution is 0.0989. The molecule has 0 amide bonds. The summed E-state index contributed by atoms with van der Waals surface area (Å²) in [4.78, 5) is 2.59. The van der Waals surface area contributed by atoms with Crippen LogP contribution in [0.1, 0.15) is 58.8 Å². The van der Waals surface area contributed by atoms with Crippen LogP contribution >= 0.6 is 0 Å². The van der Waals surface area contributed by atoms with Crippen LogP contribution in [0.2, 0.25) is 0 Å². The first-order valence-corrected chi connectivity index (χ1v) is 7.63. The zero-order valence-electron chi connectivity index (χ0n) is 12.1. The van der Waals surface area contributed by atoms with Crippen molar-refractivity contribution < 1.29 is 0 Å². The van der Waals surface area contributed by atoms with E-state index in [-0.39, 0.29) is 0 Å². The normalized spacial score (nSPS) is 29.8. The van der Waals surface area contributed by atoms with E-state index in [0.717, 1.165) is 24.4 Å². The first-order chi connectivity index (χ1) is 8.22. The molecule has 0 bridgehead atoms. The molecule has 3 atom stereocenters. The van der Waals surface area contributed by atoms with Crippen molar-refractivity contribution in [3.8, 4) is 0 Å². The highest BCUT2D eigenvalue weighted by atomic mass is 15.1. The van der Waals surface area contributed by atoms with Crippen molar-refractivity contribution in [2.75, 3.05) is 20.1 Å². The van der Waals surface area contributed by atoms with Gasteiger partial charge in [0.1, 0.15) is 0 Å². The molecule has 1 saturated carbocycles. The first-order valence-electron chi connectivity index (χ1n) is 7.63. The second-order valence-electron chi connectivity index (χ2n) is 5.87. The number of hydrogen-bond donors (Lipinski definition) is 1. The topological polar surface area (TPSA) is 29.3 Å². The van der Waals surface area contributed by atoms with Gasteiger partial charge in [0, 0.05) is 6.04 Å². The molecule has 0 heterocycles. The smallest absolute Gasteiger partial charge is 0.0135 e. The fraction of sp³-hybridized carbons (Fsp3) is 1.00. The van der Waals surface area contributed by atoms with Crippen LogP contribution in [0.4, 0.5) is 0 Å². The average Bonchev–Trinajstić information content (AvgIpc) is 2.36. The van der Waals surface area contributed by atoms with Gasteiger partial charge in [0.05, 0.1) is 0 Å². The third-order valence-corrected chi connectivity index (χ3v) is 4.49. The van der Waals surface area contributed by atoms with Crippen molar-refractivity contribution in [2.24, 2.45) is 17.6 Å². The molecule has 1 aliphatic rings. The molecule has 0 saturated heterocycles. The summed E-state index contributed by atoms with van der Waals surface area (Å²) in [5.74, 6) is 1.70. The summed E-state index contributed by atoms with van der Waals surface area (Å²) in [5.41, 5.74) is 5.95. The number of rotatable bonds is 7. The van der Waals surface area contributed by atoms with E-state index in [1.165, 1.54) is 51.5 Å². The van der Waals surface area contributed by atoms with E-state index >= 15 is 0 Å². The van der Waals surface area contributed by atoms with E-state index in [1.54, 1.807) is 0 Å². The summed E-state index contributed by atoms with van der Waals surface area (Å²) in [6.07, 6.45) is 9.51. The highest BCUT2D eigenvalue weighted by Crippen LogP contribution is 2.33. The maximum Gasteiger partial charge on any atom is 0.0135 e. The highest BCUT2D eigenvalue weighted by Gasteiger charge is 2.31. The van der Waals surface area contributed by atoms with Gasteiger partial charge in [-0.3, -0.25) is 0 Å². The number of unbranched alkanes of at least 4 members (excludes halogenated alkanes) is 1. The molecule has 3 unspecified atom stereocenters. The molecule has 0 radical (unpaired) electrons. The van der Waals surface area contributed by atoms with Crippen molar-refractivity contribution in [1.82, 2.24) is 4.90 Å². The van der Waals surface area contributed by atoms with Gasteiger partial charge in [0.2, 0.25) is 0 Å². The fourth-order valence-electron chi connectivity index (χ4n) is 3.35. The van der Waals surface area contributed by atoms with Crippen LogP contribution in [0.5, 0.6) is 0 Å². The Bertz CT molecular complexity index is 193. The summed E-state index contributed by atoms with van der Waals surface area (Å²) >= 11 is 0. The Morgan fingerprint density at radius 1 is 1.18 bits per heavy atom. The maximum absolute atomic E-state index is 5.95. The van der Waals surface area contributed by atoms with Gasteiger partial charge < -0.3 is 10.6 Å². The Kier molecular flexibility index (Phi) is 7.14. The van der Waals surface area contributed by atoms with Crippen molar-refractivity contribution >= 4 is 0 Å². The minimum atomic E-state index is 0.741. The molecule has 1 aliphatic carbocycles. The molecule has 1 fully saturated rings. The van der Waals surface area contributed by atoms with Crippen LogP contribution < -0.4 is 5.73 Å². The molecule has 0 aromatic heterocycles. The predicted molar refractivity (Wildman–Crippen MR) is 76.1 cm³/mol. The van der Waals surface area contributed by atoms with E-state index in [0.29, 0.717) is 0 Å². The Morgan fingerprint density at radius 3 is 2.53 bits per heavy atom. The molecule has 2 N–H and O–H groups in total. The van der Waals surface area contributed by atoms with Gasteiger partial charge in [0.25, 0.3) is 0 Å². The van der Waals surface area contributed by atoms with Crippen molar-refractivity contribution in [3.63, 3.8) is 0 Å². The van der Waals surface area contributed by atoms with Crippen molar-refractivity contribution in [3.05, 3.63) is 0 Å². The molecule has 1 rings (SSSR count). The van der Waals surface area contributed by atoms with Gasteiger partial charge in [-0.1, -0.05) is 39.5 Å². The minimum absolute atomic E-state index is 0.741. The summed E-state index contributed by atoms with van der Waals surface area (Å²) in [5, 5.41) is 0. The second kappa shape index (κ2) is 8.10. The summed E-state index contributed by atoms with van der Waals surface area (Å²) < 4.78 is 0. The predicted octanol–water partition coefficient (Wildman–Crippen LogP) is 3.26. The van der Waals surface area contributed by atoms with Gasteiger partial charge in [0.15, 0.2) is 0 Å². The Balaban J connectivity index is 2.49. The van der Waals surface area contributed by atoms with E-state index < -0.39 is 0 Å². The maximum atomic E-state index is 5.95. The molecule has 0 aromatic carbocycles. The van der Waals surface area contributed by atoms with Gasteiger partial charge >= 0.3 is 0 Å². The minimum Gasteiger partial charge on any atom is -0.330 e. The van der Waals surface area contributed by atoms with E-state index in [2.05, 4.69) is 25.8 Å². The number of hydrogen-bond acceptors (Lipinski definition) is 2. The van der Waals surface area contributed by atoms with E-state index in [1.807, 2.05) is 0 Å². The van der Waals surface area contributed by atoms with Crippen LogP contribution in [-0.2, 0) is 0 Å². The van der Waals surface area contributed by atoms with Gasteiger partial charge in [-0.15, -0.1) is 0 Å². The van der Waals surface area contributed by atoms with Crippen LogP contribution in [0.15, 0.2) is 0 Å². The first kappa shape index (κ1) is 15.0. The molecule has 0 aliphatic heterocycles. The van der Waals surface area contributed by atoms with E-state index in [9.17, 15) is 0 Å².